The maximum atomic E-state index is 13.1. The molecule has 0 atom stereocenters. The predicted octanol–water partition coefficient (Wildman–Crippen LogP) is 4.86. The van der Waals surface area contributed by atoms with Gasteiger partial charge in [-0.05, 0) is 73.1 Å². The molecule has 2 aromatic carbocycles. The number of nitrogens with zero attached hydrogens (tertiary/aromatic N) is 1. The van der Waals surface area contributed by atoms with E-state index in [4.69, 9.17) is 15.9 Å². The normalized spacial score (nSPS) is 15.6. The average molecular weight is 437 g/mol. The lowest BCUT2D eigenvalue weighted by atomic mass is 10.0. The van der Waals surface area contributed by atoms with E-state index in [1.54, 1.807) is 30.4 Å². The lowest BCUT2D eigenvalue weighted by Crippen LogP contribution is -2.19. The number of benzene rings is 2. The second-order valence-electron chi connectivity index (χ2n) is 6.38. The molecule has 1 fully saturated rings. The number of allylic oxidation sites excluding steroid dienone is 1. The second-order valence-corrected chi connectivity index (χ2v) is 7.41. The zero-order valence-corrected chi connectivity index (χ0v) is 17.8. The molecule has 7 heteroatoms. The molecule has 0 spiro atoms. The van der Waals surface area contributed by atoms with E-state index in [0.29, 0.717) is 40.3 Å². The van der Waals surface area contributed by atoms with Crippen LogP contribution in [0.2, 0.25) is 0 Å². The summed E-state index contributed by atoms with van der Waals surface area (Å²) in [6.45, 7) is 6.24. The van der Waals surface area contributed by atoms with E-state index in [0.717, 1.165) is 11.1 Å². The highest BCUT2D eigenvalue weighted by molar-refractivity contribution is 8.18. The van der Waals surface area contributed by atoms with Crippen molar-refractivity contribution in [3.05, 3.63) is 70.9 Å². The molecule has 1 saturated heterocycles. The van der Waals surface area contributed by atoms with E-state index >= 15 is 0 Å². The van der Waals surface area contributed by atoms with E-state index in [9.17, 15) is 9.18 Å². The van der Waals surface area contributed by atoms with Crippen molar-refractivity contribution in [1.29, 1.82) is 0 Å². The number of hydrogen-bond acceptors (Lipinski definition) is 5. The number of ether oxygens (including phenoxy) is 2. The van der Waals surface area contributed by atoms with Gasteiger partial charge in [0.2, 0.25) is 0 Å². The first-order chi connectivity index (χ1) is 15.0. The van der Waals surface area contributed by atoms with Crippen molar-refractivity contribution in [2.75, 3.05) is 13.2 Å². The molecular formula is C24H21FN2O3S. The SMILES string of the molecule is C#CCOc1c(CC=C)cc(/C=C2/SC(=Nc3ccc(F)cc3)NC2=O)cc1OCC. The standard InChI is InChI=1S/C24H21FN2O3S/c1-4-7-17-13-16(14-20(29-6-3)22(17)30-12-5-2)15-21-23(28)27-24(31-21)26-19-10-8-18(25)9-11-19/h2,4,8-11,13-15H,1,6-7,12H2,3H3,(H,26,27,28)/b21-15+. The lowest BCUT2D eigenvalue weighted by molar-refractivity contribution is -0.115. The smallest absolute Gasteiger partial charge is 0.264 e. The Bertz CT molecular complexity index is 1090. The highest BCUT2D eigenvalue weighted by Crippen LogP contribution is 2.36. The second kappa shape index (κ2) is 10.5. The van der Waals surface area contributed by atoms with Gasteiger partial charge in [-0.3, -0.25) is 4.79 Å². The number of halogens is 1. The molecular weight excluding hydrogens is 415 g/mol. The first kappa shape index (κ1) is 22.2. The van der Waals surface area contributed by atoms with Crippen LogP contribution in [0.5, 0.6) is 11.5 Å². The van der Waals surface area contributed by atoms with Gasteiger partial charge in [0.25, 0.3) is 5.91 Å². The Balaban J connectivity index is 1.92. The van der Waals surface area contributed by atoms with E-state index in [2.05, 4.69) is 22.8 Å². The van der Waals surface area contributed by atoms with Crippen molar-refractivity contribution >= 4 is 34.6 Å². The van der Waals surface area contributed by atoms with Gasteiger partial charge in [-0.1, -0.05) is 12.0 Å². The number of thioether (sulfide) groups is 1. The van der Waals surface area contributed by atoms with Crippen molar-refractivity contribution in [2.24, 2.45) is 4.99 Å². The molecule has 0 aliphatic carbocycles. The average Bonchev–Trinajstić information content (AvgIpc) is 3.08. The van der Waals surface area contributed by atoms with Crippen LogP contribution in [0.15, 0.2) is 59.0 Å². The Hall–Kier alpha value is -3.50. The van der Waals surface area contributed by atoms with Crippen LogP contribution in [0.1, 0.15) is 18.1 Å². The molecule has 1 aliphatic heterocycles. The number of aliphatic imine (C=N–C) groups is 1. The third-order valence-electron chi connectivity index (χ3n) is 4.12. The van der Waals surface area contributed by atoms with Crippen molar-refractivity contribution in [3.8, 4) is 23.8 Å². The largest absolute Gasteiger partial charge is 0.490 e. The highest BCUT2D eigenvalue weighted by atomic mass is 32.2. The summed E-state index contributed by atoms with van der Waals surface area (Å²) in [4.78, 5) is 17.3. The zero-order chi connectivity index (χ0) is 22.2. The van der Waals surface area contributed by atoms with Gasteiger partial charge in [0, 0.05) is 5.56 Å². The Morgan fingerprint density at radius 1 is 1.29 bits per heavy atom. The molecule has 1 N–H and O–H groups in total. The number of amides is 1. The molecule has 3 rings (SSSR count). The highest BCUT2D eigenvalue weighted by Gasteiger charge is 2.24. The summed E-state index contributed by atoms with van der Waals surface area (Å²) in [5, 5.41) is 3.15. The van der Waals surface area contributed by atoms with Crippen LogP contribution < -0.4 is 14.8 Å². The molecule has 31 heavy (non-hydrogen) atoms. The quantitative estimate of drug-likeness (QED) is 0.365. The fraction of sp³-hybridized carbons (Fsp3) is 0.167. The number of carbonyl (C=O) groups excluding carboxylic acids is 1. The van der Waals surface area contributed by atoms with Gasteiger partial charge in [0.15, 0.2) is 16.7 Å². The molecule has 2 aromatic rings. The minimum atomic E-state index is -0.345. The van der Waals surface area contributed by atoms with E-state index < -0.39 is 0 Å². The maximum Gasteiger partial charge on any atom is 0.264 e. The molecule has 0 saturated carbocycles. The molecule has 1 amide bonds. The monoisotopic (exact) mass is 436 g/mol. The van der Waals surface area contributed by atoms with Crippen molar-refractivity contribution in [1.82, 2.24) is 5.32 Å². The van der Waals surface area contributed by atoms with Crippen LogP contribution in [-0.2, 0) is 11.2 Å². The number of rotatable bonds is 8. The van der Waals surface area contributed by atoms with E-state index in [-0.39, 0.29) is 18.3 Å². The van der Waals surface area contributed by atoms with Gasteiger partial charge in [-0.25, -0.2) is 9.38 Å². The first-order valence-corrected chi connectivity index (χ1v) is 10.4. The zero-order valence-electron chi connectivity index (χ0n) is 17.0. The molecule has 5 nitrogen and oxygen atoms in total. The third kappa shape index (κ3) is 5.77. The van der Waals surface area contributed by atoms with Crippen molar-refractivity contribution in [2.45, 2.75) is 13.3 Å². The van der Waals surface area contributed by atoms with Crippen LogP contribution >= 0.6 is 11.8 Å². The third-order valence-corrected chi connectivity index (χ3v) is 5.03. The summed E-state index contributed by atoms with van der Waals surface area (Å²) in [5.74, 6) is 2.97. The maximum absolute atomic E-state index is 13.1. The van der Waals surface area contributed by atoms with Crippen LogP contribution in [0.25, 0.3) is 6.08 Å². The summed E-state index contributed by atoms with van der Waals surface area (Å²) in [6.07, 6.45) is 9.40. The topological polar surface area (TPSA) is 59.9 Å². The van der Waals surface area contributed by atoms with E-state index in [1.165, 1.54) is 23.9 Å². The lowest BCUT2D eigenvalue weighted by Gasteiger charge is -2.15. The number of terminal acetylenes is 1. The van der Waals surface area contributed by atoms with Gasteiger partial charge in [-0.15, -0.1) is 13.0 Å². The molecule has 0 bridgehead atoms. The van der Waals surface area contributed by atoms with Crippen molar-refractivity contribution in [3.63, 3.8) is 0 Å². The first-order valence-electron chi connectivity index (χ1n) is 9.56. The summed E-state index contributed by atoms with van der Waals surface area (Å²) < 4.78 is 24.5. The van der Waals surface area contributed by atoms with Gasteiger partial charge in [0.05, 0.1) is 17.2 Å². The molecule has 1 aliphatic rings. The van der Waals surface area contributed by atoms with Crippen LogP contribution in [0, 0.1) is 18.2 Å². The summed E-state index contributed by atoms with van der Waals surface area (Å²) in [7, 11) is 0. The number of amidine groups is 1. The van der Waals surface area contributed by atoms with E-state index in [1.807, 2.05) is 13.0 Å². The molecule has 0 aromatic heterocycles. The summed E-state index contributed by atoms with van der Waals surface area (Å²) >= 11 is 1.21. The Morgan fingerprint density at radius 2 is 2.06 bits per heavy atom. The summed E-state index contributed by atoms with van der Waals surface area (Å²) in [5.41, 5.74) is 2.17. The Labute approximate surface area is 185 Å². The van der Waals surface area contributed by atoms with Gasteiger partial charge < -0.3 is 14.8 Å². The minimum absolute atomic E-state index is 0.117. The molecule has 0 unspecified atom stereocenters. The number of carbonyl (C=O) groups is 1. The fourth-order valence-corrected chi connectivity index (χ4v) is 3.72. The van der Waals surface area contributed by atoms with Crippen LogP contribution in [-0.4, -0.2) is 24.3 Å². The minimum Gasteiger partial charge on any atom is -0.490 e. The van der Waals surface area contributed by atoms with Gasteiger partial charge in [0.1, 0.15) is 12.4 Å². The Morgan fingerprint density at radius 3 is 2.74 bits per heavy atom. The number of nitrogens with one attached hydrogen (secondary N) is 1. The van der Waals surface area contributed by atoms with Crippen LogP contribution in [0.4, 0.5) is 10.1 Å². The number of hydrogen-bond donors (Lipinski definition) is 1. The van der Waals surface area contributed by atoms with Gasteiger partial charge in [-0.2, -0.15) is 0 Å². The predicted molar refractivity (Wildman–Crippen MR) is 123 cm³/mol. The Kier molecular flexibility index (Phi) is 7.52. The van der Waals surface area contributed by atoms with Crippen molar-refractivity contribution < 1.29 is 18.7 Å². The molecule has 1 heterocycles. The fourth-order valence-electron chi connectivity index (χ4n) is 2.88. The van der Waals surface area contributed by atoms with Gasteiger partial charge >= 0.3 is 0 Å². The summed E-state index contributed by atoms with van der Waals surface area (Å²) in [6, 6.07) is 9.43. The van der Waals surface area contributed by atoms with Crippen LogP contribution in [0.3, 0.4) is 0 Å². The molecule has 158 valence electrons. The molecule has 0 radical (unpaired) electrons.